The maximum absolute atomic E-state index is 11.9. The van der Waals surface area contributed by atoms with Crippen LogP contribution in [-0.2, 0) is 4.74 Å². The van der Waals surface area contributed by atoms with Gasteiger partial charge in [0.25, 0.3) is 0 Å². The predicted molar refractivity (Wildman–Crippen MR) is 75.3 cm³/mol. The average molecular weight is 283 g/mol. The molecule has 0 radical (unpaired) electrons. The first-order valence-corrected chi connectivity index (χ1v) is 7.61. The van der Waals surface area contributed by atoms with E-state index in [1.165, 1.54) is 0 Å². The van der Waals surface area contributed by atoms with E-state index in [9.17, 15) is 4.79 Å². The van der Waals surface area contributed by atoms with Crippen molar-refractivity contribution in [1.29, 1.82) is 0 Å². The Morgan fingerprint density at radius 2 is 2.53 bits per heavy atom. The lowest BCUT2D eigenvalue weighted by Gasteiger charge is -2.16. The van der Waals surface area contributed by atoms with Gasteiger partial charge >= 0.3 is 6.03 Å². The Hall–Kier alpha value is -1.14. The summed E-state index contributed by atoms with van der Waals surface area (Å²) in [6, 6.07) is -0.120. The number of amides is 2. The quantitative estimate of drug-likeness (QED) is 0.871. The Balaban J connectivity index is 1.79. The van der Waals surface area contributed by atoms with E-state index >= 15 is 0 Å². The summed E-state index contributed by atoms with van der Waals surface area (Å²) >= 11 is 1.59. The monoisotopic (exact) mass is 283 g/mol. The van der Waals surface area contributed by atoms with Crippen LogP contribution in [0.5, 0.6) is 0 Å². The Morgan fingerprint density at radius 3 is 3.11 bits per heavy atom. The molecule has 1 saturated heterocycles. The van der Waals surface area contributed by atoms with Gasteiger partial charge in [-0.1, -0.05) is 6.92 Å². The van der Waals surface area contributed by atoms with Crippen molar-refractivity contribution < 1.29 is 9.53 Å². The molecule has 1 aliphatic rings. The van der Waals surface area contributed by atoms with Crippen molar-refractivity contribution in [2.75, 3.05) is 19.8 Å². The third kappa shape index (κ3) is 4.18. The molecule has 2 heterocycles. The van der Waals surface area contributed by atoms with Crippen molar-refractivity contribution in [2.24, 2.45) is 5.92 Å². The molecule has 19 heavy (non-hydrogen) atoms. The molecule has 0 aliphatic carbocycles. The van der Waals surface area contributed by atoms with E-state index in [1.54, 1.807) is 11.3 Å². The Kier molecular flexibility index (Phi) is 5.15. The van der Waals surface area contributed by atoms with E-state index in [4.69, 9.17) is 4.74 Å². The van der Waals surface area contributed by atoms with Crippen molar-refractivity contribution in [2.45, 2.75) is 32.7 Å². The van der Waals surface area contributed by atoms with Gasteiger partial charge in [-0.3, -0.25) is 0 Å². The SMILES string of the molecule is CC[C@@H](NC(=O)NC[C@@H]1CCOC1)c1nc(C)cs1. The summed E-state index contributed by atoms with van der Waals surface area (Å²) in [6.07, 6.45) is 1.87. The molecule has 2 rings (SSSR count). The summed E-state index contributed by atoms with van der Waals surface area (Å²) < 4.78 is 5.28. The zero-order chi connectivity index (χ0) is 13.7. The number of carbonyl (C=O) groups excluding carboxylic acids is 1. The summed E-state index contributed by atoms with van der Waals surface area (Å²) in [5, 5.41) is 8.87. The fourth-order valence-electron chi connectivity index (χ4n) is 2.06. The number of hydrogen-bond acceptors (Lipinski definition) is 4. The van der Waals surface area contributed by atoms with Crippen LogP contribution < -0.4 is 10.6 Å². The van der Waals surface area contributed by atoms with Crippen molar-refractivity contribution in [3.63, 3.8) is 0 Å². The topological polar surface area (TPSA) is 63.2 Å². The van der Waals surface area contributed by atoms with Crippen LogP contribution in [-0.4, -0.2) is 30.8 Å². The number of aromatic nitrogens is 1. The van der Waals surface area contributed by atoms with Gasteiger partial charge in [0.1, 0.15) is 5.01 Å². The van der Waals surface area contributed by atoms with Crippen molar-refractivity contribution >= 4 is 17.4 Å². The van der Waals surface area contributed by atoms with Crippen LogP contribution in [0.2, 0.25) is 0 Å². The highest BCUT2D eigenvalue weighted by atomic mass is 32.1. The van der Waals surface area contributed by atoms with Gasteiger partial charge in [0.05, 0.1) is 12.6 Å². The molecule has 1 aromatic heterocycles. The van der Waals surface area contributed by atoms with Crippen LogP contribution in [0.15, 0.2) is 5.38 Å². The van der Waals surface area contributed by atoms with E-state index in [-0.39, 0.29) is 12.1 Å². The highest BCUT2D eigenvalue weighted by Gasteiger charge is 2.18. The number of nitrogens with zero attached hydrogens (tertiary/aromatic N) is 1. The molecule has 0 bridgehead atoms. The molecular formula is C13H21N3O2S. The maximum Gasteiger partial charge on any atom is 0.315 e. The normalized spacial score (nSPS) is 20.2. The number of thiazole rings is 1. The molecule has 0 saturated carbocycles. The molecule has 1 aliphatic heterocycles. The van der Waals surface area contributed by atoms with Gasteiger partial charge in [-0.05, 0) is 19.8 Å². The number of carbonyl (C=O) groups is 1. The summed E-state index contributed by atoms with van der Waals surface area (Å²) in [7, 11) is 0. The standard InChI is InChI=1S/C13H21N3O2S/c1-3-11(12-15-9(2)8-19-12)16-13(17)14-6-10-4-5-18-7-10/h8,10-11H,3-7H2,1-2H3,(H2,14,16,17)/t10-,11+/m0/s1. The average Bonchev–Trinajstić information content (AvgIpc) is 3.04. The molecule has 106 valence electrons. The summed E-state index contributed by atoms with van der Waals surface area (Å²) in [6.45, 7) is 6.26. The van der Waals surface area contributed by atoms with E-state index in [1.807, 2.05) is 19.2 Å². The highest BCUT2D eigenvalue weighted by molar-refractivity contribution is 7.09. The first-order valence-electron chi connectivity index (χ1n) is 6.73. The summed E-state index contributed by atoms with van der Waals surface area (Å²) in [4.78, 5) is 16.3. The number of urea groups is 1. The van der Waals surface area contributed by atoms with Crippen LogP contribution in [0.3, 0.4) is 0 Å². The zero-order valence-electron chi connectivity index (χ0n) is 11.4. The Morgan fingerprint density at radius 1 is 1.68 bits per heavy atom. The number of ether oxygens (including phenoxy) is 1. The molecule has 0 spiro atoms. The molecular weight excluding hydrogens is 262 g/mol. The Bertz CT molecular complexity index is 416. The van der Waals surface area contributed by atoms with Crippen molar-refractivity contribution in [3.8, 4) is 0 Å². The van der Waals surface area contributed by atoms with E-state index < -0.39 is 0 Å². The lowest BCUT2D eigenvalue weighted by atomic mass is 10.1. The number of aryl methyl sites for hydroxylation is 1. The van der Waals surface area contributed by atoms with Crippen LogP contribution >= 0.6 is 11.3 Å². The zero-order valence-corrected chi connectivity index (χ0v) is 12.3. The lowest BCUT2D eigenvalue weighted by Crippen LogP contribution is -2.40. The summed E-state index contributed by atoms with van der Waals surface area (Å²) in [5.74, 6) is 0.452. The van der Waals surface area contributed by atoms with Gasteiger partial charge in [0.15, 0.2) is 0 Å². The van der Waals surface area contributed by atoms with E-state index in [0.717, 1.165) is 36.8 Å². The fraction of sp³-hybridized carbons (Fsp3) is 0.692. The second kappa shape index (κ2) is 6.86. The third-order valence-electron chi connectivity index (χ3n) is 3.22. The molecule has 2 N–H and O–H groups in total. The first-order chi connectivity index (χ1) is 9.19. The molecule has 0 aromatic carbocycles. The molecule has 2 atom stereocenters. The van der Waals surface area contributed by atoms with Gasteiger partial charge in [-0.15, -0.1) is 11.3 Å². The van der Waals surface area contributed by atoms with E-state index in [0.29, 0.717) is 12.5 Å². The van der Waals surface area contributed by atoms with Crippen LogP contribution in [0, 0.1) is 12.8 Å². The minimum atomic E-state index is -0.119. The number of nitrogens with one attached hydrogen (secondary N) is 2. The summed E-state index contributed by atoms with van der Waals surface area (Å²) in [5.41, 5.74) is 1.00. The Labute approximate surface area is 117 Å². The molecule has 5 nitrogen and oxygen atoms in total. The van der Waals surface area contributed by atoms with E-state index in [2.05, 4.69) is 15.6 Å². The smallest absolute Gasteiger partial charge is 0.315 e. The second-order valence-electron chi connectivity index (χ2n) is 4.87. The number of rotatable bonds is 5. The molecule has 0 unspecified atom stereocenters. The van der Waals surface area contributed by atoms with Crippen LogP contribution in [0.4, 0.5) is 4.79 Å². The molecule has 2 amide bonds. The van der Waals surface area contributed by atoms with Crippen LogP contribution in [0.1, 0.15) is 36.5 Å². The van der Waals surface area contributed by atoms with Crippen molar-refractivity contribution in [1.82, 2.24) is 15.6 Å². The van der Waals surface area contributed by atoms with Crippen molar-refractivity contribution in [3.05, 3.63) is 16.1 Å². The first kappa shape index (κ1) is 14.3. The molecule has 6 heteroatoms. The largest absolute Gasteiger partial charge is 0.381 e. The van der Waals surface area contributed by atoms with Gasteiger partial charge in [0.2, 0.25) is 0 Å². The second-order valence-corrected chi connectivity index (χ2v) is 5.76. The predicted octanol–water partition coefficient (Wildman–Crippen LogP) is 2.24. The van der Waals surface area contributed by atoms with Gasteiger partial charge in [-0.2, -0.15) is 0 Å². The minimum absolute atomic E-state index is 0.00136. The van der Waals surface area contributed by atoms with Gasteiger partial charge in [0, 0.05) is 30.1 Å². The minimum Gasteiger partial charge on any atom is -0.381 e. The number of hydrogen-bond donors (Lipinski definition) is 2. The van der Waals surface area contributed by atoms with Gasteiger partial charge < -0.3 is 15.4 Å². The van der Waals surface area contributed by atoms with Gasteiger partial charge in [-0.25, -0.2) is 9.78 Å². The highest BCUT2D eigenvalue weighted by Crippen LogP contribution is 2.20. The maximum atomic E-state index is 11.9. The molecule has 1 fully saturated rings. The fourth-order valence-corrected chi connectivity index (χ4v) is 2.99. The lowest BCUT2D eigenvalue weighted by molar-refractivity contribution is 0.185. The molecule has 1 aromatic rings. The third-order valence-corrected chi connectivity index (χ3v) is 4.30. The van der Waals surface area contributed by atoms with Crippen LogP contribution in [0.25, 0.3) is 0 Å².